The largest absolute Gasteiger partial charge is 0.255 e. The van der Waals surface area contributed by atoms with E-state index in [4.69, 9.17) is 0 Å². The summed E-state index contributed by atoms with van der Waals surface area (Å²) in [4.78, 5) is 0. The smallest absolute Gasteiger partial charge is 0.0243 e. The van der Waals surface area contributed by atoms with Crippen molar-refractivity contribution >= 4 is 0 Å². The van der Waals surface area contributed by atoms with E-state index in [1.807, 2.05) is 0 Å². The molecule has 1 N–H and O–H groups in total. The molecule has 2 aliphatic rings. The van der Waals surface area contributed by atoms with Crippen molar-refractivity contribution in [3.05, 3.63) is 0 Å². The van der Waals surface area contributed by atoms with E-state index in [9.17, 15) is 0 Å². The third-order valence-corrected chi connectivity index (χ3v) is 2.66. The number of hydrazine groups is 1. The average molecular weight is 140 g/mol. The Kier molecular flexibility index (Phi) is 1.91. The summed E-state index contributed by atoms with van der Waals surface area (Å²) in [6, 6.07) is 0.877. The van der Waals surface area contributed by atoms with E-state index in [0.29, 0.717) is 0 Å². The molecule has 58 valence electrons. The minimum atomic E-state index is 0.877. The summed E-state index contributed by atoms with van der Waals surface area (Å²) in [5, 5.41) is 2.45. The molecule has 0 aromatic carbocycles. The van der Waals surface area contributed by atoms with Gasteiger partial charge in [-0.25, -0.2) is 5.01 Å². The lowest BCUT2D eigenvalue weighted by Crippen LogP contribution is -2.38. The van der Waals surface area contributed by atoms with Crippen LogP contribution in [0.4, 0.5) is 0 Å². The Balaban J connectivity index is 1.85. The summed E-state index contributed by atoms with van der Waals surface area (Å²) >= 11 is 0. The highest BCUT2D eigenvalue weighted by molar-refractivity contribution is 4.77. The van der Waals surface area contributed by atoms with Crippen molar-refractivity contribution in [1.29, 1.82) is 0 Å². The molecule has 1 saturated heterocycles. The Hall–Kier alpha value is -0.0800. The van der Waals surface area contributed by atoms with E-state index in [1.54, 1.807) is 0 Å². The zero-order valence-electron chi connectivity index (χ0n) is 6.47. The molecule has 0 spiro atoms. The Bertz CT molecular complexity index is 87.8. The maximum atomic E-state index is 3.43. The van der Waals surface area contributed by atoms with Crippen molar-refractivity contribution in [3.8, 4) is 0 Å². The highest BCUT2D eigenvalue weighted by atomic mass is 15.5. The molecule has 0 bridgehead atoms. The fourth-order valence-corrected chi connectivity index (χ4v) is 2.08. The molecule has 2 rings (SSSR count). The van der Waals surface area contributed by atoms with Crippen LogP contribution in [0, 0.1) is 0 Å². The molecule has 2 nitrogen and oxygen atoms in total. The van der Waals surface area contributed by atoms with Crippen LogP contribution in [0.3, 0.4) is 0 Å². The Morgan fingerprint density at radius 2 is 1.90 bits per heavy atom. The lowest BCUT2D eigenvalue weighted by atomic mass is 10.2. The van der Waals surface area contributed by atoms with Crippen LogP contribution in [0.1, 0.15) is 32.1 Å². The van der Waals surface area contributed by atoms with Gasteiger partial charge in [0.25, 0.3) is 0 Å². The van der Waals surface area contributed by atoms with E-state index >= 15 is 0 Å². The predicted octanol–water partition coefficient (Wildman–Crippen LogP) is 1.14. The van der Waals surface area contributed by atoms with Crippen LogP contribution in [-0.2, 0) is 0 Å². The summed E-state index contributed by atoms with van der Waals surface area (Å²) in [7, 11) is 0. The van der Waals surface area contributed by atoms with Crippen molar-refractivity contribution in [3.63, 3.8) is 0 Å². The quantitative estimate of drug-likeness (QED) is 0.587. The fourth-order valence-electron chi connectivity index (χ4n) is 2.08. The van der Waals surface area contributed by atoms with Gasteiger partial charge in [-0.1, -0.05) is 12.8 Å². The molecule has 0 amide bonds. The third kappa shape index (κ3) is 1.18. The third-order valence-electron chi connectivity index (χ3n) is 2.66. The second kappa shape index (κ2) is 2.89. The molecule has 0 aromatic heterocycles. The molecule has 0 aromatic rings. The first-order valence-electron chi connectivity index (χ1n) is 4.47. The van der Waals surface area contributed by atoms with Gasteiger partial charge in [0, 0.05) is 19.1 Å². The molecule has 10 heavy (non-hydrogen) atoms. The Labute approximate surface area is 62.6 Å². The maximum absolute atomic E-state index is 3.43. The second-order valence-corrected chi connectivity index (χ2v) is 3.39. The van der Waals surface area contributed by atoms with Crippen molar-refractivity contribution in [2.24, 2.45) is 0 Å². The fraction of sp³-hybridized carbons (Fsp3) is 1.00. The topological polar surface area (TPSA) is 15.3 Å². The lowest BCUT2D eigenvalue weighted by Gasteiger charge is -2.22. The number of rotatable bonds is 1. The molecule has 1 aliphatic heterocycles. The zero-order chi connectivity index (χ0) is 6.81. The van der Waals surface area contributed by atoms with Gasteiger partial charge >= 0.3 is 0 Å². The number of hydrogen-bond donors (Lipinski definition) is 1. The SMILES string of the molecule is C1CCC(N2CCCN2)C1. The summed E-state index contributed by atoms with van der Waals surface area (Å²) in [6.07, 6.45) is 7.09. The van der Waals surface area contributed by atoms with E-state index in [-0.39, 0.29) is 0 Å². The molecule has 0 radical (unpaired) electrons. The van der Waals surface area contributed by atoms with Gasteiger partial charge in [0.1, 0.15) is 0 Å². The van der Waals surface area contributed by atoms with Gasteiger partial charge in [-0.2, -0.15) is 0 Å². The molecule has 0 unspecified atom stereocenters. The maximum Gasteiger partial charge on any atom is 0.0243 e. The van der Waals surface area contributed by atoms with Gasteiger partial charge in [0.05, 0.1) is 0 Å². The van der Waals surface area contributed by atoms with Gasteiger partial charge in [-0.3, -0.25) is 5.43 Å². The van der Waals surface area contributed by atoms with Gasteiger partial charge in [-0.15, -0.1) is 0 Å². The van der Waals surface area contributed by atoms with Gasteiger partial charge in [0.15, 0.2) is 0 Å². The Morgan fingerprint density at radius 1 is 1.10 bits per heavy atom. The molecule has 2 heteroatoms. The summed E-state index contributed by atoms with van der Waals surface area (Å²) in [5.41, 5.74) is 3.43. The second-order valence-electron chi connectivity index (χ2n) is 3.39. The van der Waals surface area contributed by atoms with Crippen LogP contribution in [0.25, 0.3) is 0 Å². The summed E-state index contributed by atoms with van der Waals surface area (Å²) in [6.45, 7) is 2.49. The molecule has 2 fully saturated rings. The van der Waals surface area contributed by atoms with E-state index in [1.165, 1.54) is 45.2 Å². The molecule has 1 aliphatic carbocycles. The minimum Gasteiger partial charge on any atom is -0.255 e. The van der Waals surface area contributed by atoms with Crippen molar-refractivity contribution < 1.29 is 0 Å². The first-order chi connectivity index (χ1) is 4.97. The minimum absolute atomic E-state index is 0.877. The van der Waals surface area contributed by atoms with Crippen LogP contribution in [-0.4, -0.2) is 24.1 Å². The Morgan fingerprint density at radius 3 is 2.50 bits per heavy atom. The lowest BCUT2D eigenvalue weighted by molar-refractivity contribution is 0.177. The highest BCUT2D eigenvalue weighted by Gasteiger charge is 2.24. The standard InChI is InChI=1S/C8H16N2/c1-2-5-8(4-1)10-7-3-6-9-10/h8-9H,1-7H2. The van der Waals surface area contributed by atoms with E-state index < -0.39 is 0 Å². The molecule has 0 atom stereocenters. The highest BCUT2D eigenvalue weighted by Crippen LogP contribution is 2.23. The first-order valence-corrected chi connectivity index (χ1v) is 4.47. The monoisotopic (exact) mass is 140 g/mol. The van der Waals surface area contributed by atoms with Gasteiger partial charge in [0.2, 0.25) is 0 Å². The van der Waals surface area contributed by atoms with E-state index in [0.717, 1.165) is 6.04 Å². The van der Waals surface area contributed by atoms with Crippen LogP contribution in [0.2, 0.25) is 0 Å². The normalized spacial score (nSPS) is 30.0. The van der Waals surface area contributed by atoms with Crippen LogP contribution < -0.4 is 5.43 Å². The van der Waals surface area contributed by atoms with Crippen molar-refractivity contribution in [1.82, 2.24) is 10.4 Å². The first kappa shape index (κ1) is 6.62. The molecule has 1 heterocycles. The van der Waals surface area contributed by atoms with E-state index in [2.05, 4.69) is 10.4 Å². The van der Waals surface area contributed by atoms with Crippen LogP contribution >= 0.6 is 0 Å². The summed E-state index contributed by atoms with van der Waals surface area (Å²) in [5.74, 6) is 0. The van der Waals surface area contributed by atoms with Crippen LogP contribution in [0.15, 0.2) is 0 Å². The predicted molar refractivity (Wildman–Crippen MR) is 41.6 cm³/mol. The van der Waals surface area contributed by atoms with Crippen molar-refractivity contribution in [2.75, 3.05) is 13.1 Å². The average Bonchev–Trinajstić information content (AvgIpc) is 2.59. The zero-order valence-corrected chi connectivity index (χ0v) is 6.47. The molecular formula is C8H16N2. The van der Waals surface area contributed by atoms with Gasteiger partial charge < -0.3 is 0 Å². The number of hydrogen-bond acceptors (Lipinski definition) is 2. The molecule has 1 saturated carbocycles. The number of nitrogens with zero attached hydrogens (tertiary/aromatic N) is 1. The van der Waals surface area contributed by atoms with Crippen molar-refractivity contribution in [2.45, 2.75) is 38.1 Å². The van der Waals surface area contributed by atoms with Gasteiger partial charge in [-0.05, 0) is 19.3 Å². The van der Waals surface area contributed by atoms with Crippen LogP contribution in [0.5, 0.6) is 0 Å². The molecular weight excluding hydrogens is 124 g/mol. The summed E-state index contributed by atoms with van der Waals surface area (Å²) < 4.78 is 0. The number of nitrogens with one attached hydrogen (secondary N) is 1.